The molecule has 2 aromatic carbocycles. The molecule has 0 spiro atoms. The molecule has 160 valence electrons. The summed E-state index contributed by atoms with van der Waals surface area (Å²) in [7, 11) is 0. The highest BCUT2D eigenvalue weighted by molar-refractivity contribution is 5.70. The highest BCUT2D eigenvalue weighted by Crippen LogP contribution is 2.40. The average molecular weight is 410 g/mol. The summed E-state index contributed by atoms with van der Waals surface area (Å²) >= 11 is 0. The number of nitrogens with zero attached hydrogens (tertiary/aromatic N) is 1. The van der Waals surface area contributed by atoms with Crippen LogP contribution in [-0.2, 0) is 21.4 Å². The summed E-state index contributed by atoms with van der Waals surface area (Å²) in [6.45, 7) is 8.12. The number of carbonyl (C=O) groups is 2. The molecule has 3 atom stereocenters. The van der Waals surface area contributed by atoms with Crippen molar-refractivity contribution < 1.29 is 19.4 Å². The third-order valence-corrected chi connectivity index (χ3v) is 6.47. The standard InChI is InChI=1S/C25H31NO4/c1-18-16-26(17-21(24(28)29)14-20-8-5-4-6-9-20)13-12-25(18,3)22-10-7-11-23(15-22)30-19(2)27/h4-11,15,18,21H,12-14,16-17H2,1-3H3,(H,28,29)/t18-,21-,25+/m0/s1. The number of hydrogen-bond acceptors (Lipinski definition) is 4. The Balaban J connectivity index is 1.68. The number of rotatable bonds is 7. The Labute approximate surface area is 178 Å². The number of likely N-dealkylation sites (tertiary alicyclic amines) is 1. The quantitative estimate of drug-likeness (QED) is 0.550. The van der Waals surface area contributed by atoms with Gasteiger partial charge in [0.05, 0.1) is 5.92 Å². The fourth-order valence-electron chi connectivity index (χ4n) is 4.43. The molecular weight excluding hydrogens is 378 g/mol. The summed E-state index contributed by atoms with van der Waals surface area (Å²) < 4.78 is 5.27. The monoisotopic (exact) mass is 409 g/mol. The van der Waals surface area contributed by atoms with Gasteiger partial charge in [-0.2, -0.15) is 0 Å². The van der Waals surface area contributed by atoms with Crippen LogP contribution in [0.2, 0.25) is 0 Å². The van der Waals surface area contributed by atoms with Gasteiger partial charge in [-0.15, -0.1) is 0 Å². The van der Waals surface area contributed by atoms with Gasteiger partial charge in [0, 0.05) is 20.0 Å². The maximum Gasteiger partial charge on any atom is 0.308 e. The molecule has 1 saturated heterocycles. The predicted octanol–water partition coefficient (Wildman–Crippen LogP) is 4.15. The summed E-state index contributed by atoms with van der Waals surface area (Å²) in [6.07, 6.45) is 1.47. The minimum atomic E-state index is -0.742. The SMILES string of the molecule is CC(=O)Oc1cccc([C@]2(C)CCN(C[C@H](Cc3ccccc3)C(=O)O)C[C@@H]2C)c1. The molecule has 0 saturated carbocycles. The molecule has 5 heteroatoms. The van der Waals surface area contributed by atoms with Crippen LogP contribution in [0.5, 0.6) is 5.75 Å². The molecular formula is C25H31NO4. The first-order chi connectivity index (χ1) is 14.3. The van der Waals surface area contributed by atoms with Crippen LogP contribution in [0.1, 0.15) is 38.3 Å². The Morgan fingerprint density at radius 2 is 1.93 bits per heavy atom. The normalized spacial score (nSPS) is 23.0. The lowest BCUT2D eigenvalue weighted by Gasteiger charge is -2.45. The van der Waals surface area contributed by atoms with Crippen molar-refractivity contribution in [2.24, 2.45) is 11.8 Å². The molecule has 0 unspecified atom stereocenters. The molecule has 3 rings (SSSR count). The molecule has 1 N–H and O–H groups in total. The van der Waals surface area contributed by atoms with Gasteiger partial charge in [-0.05, 0) is 54.0 Å². The van der Waals surface area contributed by atoms with E-state index >= 15 is 0 Å². The number of carboxylic acid groups (broad SMARTS) is 1. The molecule has 0 radical (unpaired) electrons. The Morgan fingerprint density at radius 1 is 1.20 bits per heavy atom. The third kappa shape index (κ3) is 5.28. The Kier molecular flexibility index (Phi) is 6.93. The van der Waals surface area contributed by atoms with E-state index in [1.807, 2.05) is 42.5 Å². The molecule has 5 nitrogen and oxygen atoms in total. The Bertz CT molecular complexity index is 882. The van der Waals surface area contributed by atoms with Crippen molar-refractivity contribution >= 4 is 11.9 Å². The van der Waals surface area contributed by atoms with Gasteiger partial charge in [0.15, 0.2) is 0 Å². The number of hydrogen-bond donors (Lipinski definition) is 1. The fourth-order valence-corrected chi connectivity index (χ4v) is 4.43. The Hall–Kier alpha value is -2.66. The largest absolute Gasteiger partial charge is 0.481 e. The molecule has 30 heavy (non-hydrogen) atoms. The maximum atomic E-state index is 11.9. The lowest BCUT2D eigenvalue weighted by molar-refractivity contribution is -0.142. The van der Waals surface area contributed by atoms with Crippen LogP contribution in [0.4, 0.5) is 0 Å². The maximum absolute atomic E-state index is 11.9. The highest BCUT2D eigenvalue weighted by Gasteiger charge is 2.39. The average Bonchev–Trinajstić information content (AvgIpc) is 2.71. The summed E-state index contributed by atoms with van der Waals surface area (Å²) in [4.78, 5) is 25.4. The van der Waals surface area contributed by atoms with E-state index in [1.165, 1.54) is 6.92 Å². The zero-order valence-corrected chi connectivity index (χ0v) is 18.0. The molecule has 1 aliphatic rings. The smallest absolute Gasteiger partial charge is 0.308 e. The molecule has 1 aliphatic heterocycles. The fraction of sp³-hybridized carbons (Fsp3) is 0.440. The number of carbonyl (C=O) groups excluding carboxylic acids is 1. The lowest BCUT2D eigenvalue weighted by Crippen LogP contribution is -2.49. The van der Waals surface area contributed by atoms with Crippen LogP contribution in [0.25, 0.3) is 0 Å². The van der Waals surface area contributed by atoms with Crippen molar-refractivity contribution in [3.8, 4) is 5.75 Å². The number of ether oxygens (including phenoxy) is 1. The van der Waals surface area contributed by atoms with Crippen molar-refractivity contribution in [2.45, 2.75) is 39.0 Å². The molecule has 0 aromatic heterocycles. The number of piperidine rings is 1. The second-order valence-corrected chi connectivity index (χ2v) is 8.67. The molecule has 0 aliphatic carbocycles. The van der Waals surface area contributed by atoms with Crippen molar-refractivity contribution in [1.82, 2.24) is 4.90 Å². The van der Waals surface area contributed by atoms with E-state index in [2.05, 4.69) is 24.8 Å². The number of benzene rings is 2. The van der Waals surface area contributed by atoms with Gasteiger partial charge in [-0.25, -0.2) is 0 Å². The van der Waals surface area contributed by atoms with E-state index in [0.29, 0.717) is 24.6 Å². The molecule has 0 bridgehead atoms. The van der Waals surface area contributed by atoms with E-state index in [0.717, 1.165) is 30.6 Å². The number of aliphatic carboxylic acids is 1. The van der Waals surface area contributed by atoms with Crippen molar-refractivity contribution in [3.63, 3.8) is 0 Å². The first-order valence-electron chi connectivity index (χ1n) is 10.6. The third-order valence-electron chi connectivity index (χ3n) is 6.47. The van der Waals surface area contributed by atoms with Gasteiger partial charge in [0.25, 0.3) is 0 Å². The van der Waals surface area contributed by atoms with E-state index in [1.54, 1.807) is 6.07 Å². The van der Waals surface area contributed by atoms with E-state index in [4.69, 9.17) is 4.74 Å². The molecule has 0 amide bonds. The van der Waals surface area contributed by atoms with E-state index < -0.39 is 11.9 Å². The van der Waals surface area contributed by atoms with Gasteiger partial charge in [-0.1, -0.05) is 56.3 Å². The minimum Gasteiger partial charge on any atom is -0.481 e. The first-order valence-corrected chi connectivity index (χ1v) is 10.6. The van der Waals surface area contributed by atoms with Crippen molar-refractivity contribution in [1.29, 1.82) is 0 Å². The summed E-state index contributed by atoms with van der Waals surface area (Å²) in [6, 6.07) is 17.6. The predicted molar refractivity (Wildman–Crippen MR) is 117 cm³/mol. The van der Waals surface area contributed by atoms with Crippen LogP contribution in [0, 0.1) is 11.8 Å². The Morgan fingerprint density at radius 3 is 2.57 bits per heavy atom. The van der Waals surface area contributed by atoms with E-state index in [9.17, 15) is 14.7 Å². The van der Waals surface area contributed by atoms with Crippen LogP contribution in [0.15, 0.2) is 54.6 Å². The van der Waals surface area contributed by atoms with Gasteiger partial charge >= 0.3 is 11.9 Å². The van der Waals surface area contributed by atoms with Gasteiger partial charge in [0.2, 0.25) is 0 Å². The number of esters is 1. The van der Waals surface area contributed by atoms with Gasteiger partial charge < -0.3 is 14.7 Å². The van der Waals surface area contributed by atoms with Crippen LogP contribution in [-0.4, -0.2) is 41.6 Å². The molecule has 1 fully saturated rings. The second kappa shape index (κ2) is 9.43. The van der Waals surface area contributed by atoms with Crippen molar-refractivity contribution in [2.75, 3.05) is 19.6 Å². The summed E-state index contributed by atoms with van der Waals surface area (Å²) in [5.41, 5.74) is 2.17. The van der Waals surface area contributed by atoms with Crippen LogP contribution in [0.3, 0.4) is 0 Å². The highest BCUT2D eigenvalue weighted by atomic mass is 16.5. The number of carboxylic acids is 1. The van der Waals surface area contributed by atoms with Crippen LogP contribution >= 0.6 is 0 Å². The lowest BCUT2D eigenvalue weighted by atomic mass is 9.68. The van der Waals surface area contributed by atoms with Gasteiger partial charge in [0.1, 0.15) is 5.75 Å². The first kappa shape index (κ1) is 22.0. The van der Waals surface area contributed by atoms with Gasteiger partial charge in [-0.3, -0.25) is 9.59 Å². The minimum absolute atomic E-state index is 0.0508. The topological polar surface area (TPSA) is 66.8 Å². The van der Waals surface area contributed by atoms with Crippen molar-refractivity contribution in [3.05, 3.63) is 65.7 Å². The zero-order chi connectivity index (χ0) is 21.7. The molecule has 1 heterocycles. The summed E-state index contributed by atoms with van der Waals surface area (Å²) in [5, 5.41) is 9.75. The summed E-state index contributed by atoms with van der Waals surface area (Å²) in [5.74, 6) is -0.571. The van der Waals surface area contributed by atoms with E-state index in [-0.39, 0.29) is 11.4 Å². The molecule has 2 aromatic rings. The second-order valence-electron chi connectivity index (χ2n) is 8.67. The zero-order valence-electron chi connectivity index (χ0n) is 18.0. The van der Waals surface area contributed by atoms with Crippen LogP contribution < -0.4 is 4.74 Å².